The fourth-order valence-electron chi connectivity index (χ4n) is 2.04. The van der Waals surface area contributed by atoms with Crippen LogP contribution in [-0.4, -0.2) is 28.0 Å². The molecule has 7 heteroatoms. The number of nitrogen functional groups attached to an aromatic ring is 1. The fraction of sp³-hybridized carbons (Fsp3) is 0.500. The van der Waals surface area contributed by atoms with Crippen molar-refractivity contribution in [2.45, 2.75) is 33.7 Å². The molecule has 0 spiro atoms. The second kappa shape index (κ2) is 6.43. The number of furan rings is 1. The Kier molecular flexibility index (Phi) is 4.62. The van der Waals surface area contributed by atoms with Crippen molar-refractivity contribution in [2.24, 2.45) is 0 Å². The maximum Gasteiger partial charge on any atom is 0.231 e. The summed E-state index contributed by atoms with van der Waals surface area (Å²) in [4.78, 5) is 14.7. The van der Waals surface area contributed by atoms with Crippen LogP contribution >= 0.6 is 0 Å². The zero-order valence-electron chi connectivity index (χ0n) is 12.9. The van der Waals surface area contributed by atoms with Crippen LogP contribution in [0.15, 0.2) is 16.5 Å². The Labute approximate surface area is 124 Å². The lowest BCUT2D eigenvalue weighted by atomic mass is 10.2. The van der Waals surface area contributed by atoms with Gasteiger partial charge in [-0.3, -0.25) is 0 Å². The van der Waals surface area contributed by atoms with E-state index < -0.39 is 0 Å². The SMILES string of the molecule is CCN(CC)c1nc(N)nc(NC(C)c2ccc(C)o2)n1. The first-order chi connectivity index (χ1) is 10.0. The molecular weight excluding hydrogens is 268 g/mol. The molecule has 0 radical (unpaired) electrons. The fourth-order valence-corrected chi connectivity index (χ4v) is 2.04. The highest BCUT2D eigenvalue weighted by atomic mass is 16.3. The first-order valence-electron chi connectivity index (χ1n) is 7.12. The highest BCUT2D eigenvalue weighted by molar-refractivity contribution is 5.42. The average molecular weight is 290 g/mol. The number of nitrogens with zero attached hydrogens (tertiary/aromatic N) is 4. The average Bonchev–Trinajstić information content (AvgIpc) is 2.86. The van der Waals surface area contributed by atoms with E-state index in [0.29, 0.717) is 11.9 Å². The van der Waals surface area contributed by atoms with Crippen molar-refractivity contribution in [1.29, 1.82) is 0 Å². The number of hydrogen-bond donors (Lipinski definition) is 2. The number of anilines is 3. The van der Waals surface area contributed by atoms with Crippen LogP contribution in [0.2, 0.25) is 0 Å². The van der Waals surface area contributed by atoms with Gasteiger partial charge in [0.1, 0.15) is 11.5 Å². The number of hydrogen-bond acceptors (Lipinski definition) is 7. The number of nitrogens with two attached hydrogens (primary N) is 1. The van der Waals surface area contributed by atoms with Crippen LogP contribution in [0.1, 0.15) is 38.3 Å². The van der Waals surface area contributed by atoms with Crippen LogP contribution in [0.4, 0.5) is 17.8 Å². The smallest absolute Gasteiger partial charge is 0.231 e. The summed E-state index contributed by atoms with van der Waals surface area (Å²) in [6, 6.07) is 3.81. The minimum Gasteiger partial charge on any atom is -0.464 e. The molecule has 0 amide bonds. The van der Waals surface area contributed by atoms with Crippen LogP contribution in [-0.2, 0) is 0 Å². The zero-order chi connectivity index (χ0) is 15.4. The molecule has 1 atom stereocenters. The van der Waals surface area contributed by atoms with Gasteiger partial charge >= 0.3 is 0 Å². The van der Waals surface area contributed by atoms with Crippen LogP contribution < -0.4 is 16.0 Å². The minimum absolute atomic E-state index is 0.0509. The summed E-state index contributed by atoms with van der Waals surface area (Å²) < 4.78 is 5.59. The van der Waals surface area contributed by atoms with Gasteiger partial charge in [0.15, 0.2) is 0 Å². The molecular formula is C14H22N6O. The molecule has 114 valence electrons. The first-order valence-corrected chi connectivity index (χ1v) is 7.12. The van der Waals surface area contributed by atoms with E-state index in [4.69, 9.17) is 10.2 Å². The van der Waals surface area contributed by atoms with Gasteiger partial charge in [0.2, 0.25) is 17.8 Å². The molecule has 0 saturated carbocycles. The summed E-state index contributed by atoms with van der Waals surface area (Å²) in [6.45, 7) is 9.61. The van der Waals surface area contributed by atoms with Crippen molar-refractivity contribution in [2.75, 3.05) is 29.0 Å². The van der Waals surface area contributed by atoms with E-state index in [0.717, 1.165) is 24.6 Å². The van der Waals surface area contributed by atoms with Gasteiger partial charge in [-0.05, 0) is 39.8 Å². The highest BCUT2D eigenvalue weighted by Gasteiger charge is 2.14. The molecule has 1 unspecified atom stereocenters. The molecule has 0 aliphatic carbocycles. The van der Waals surface area contributed by atoms with Gasteiger partial charge in [-0.1, -0.05) is 0 Å². The molecule has 0 aliphatic rings. The summed E-state index contributed by atoms with van der Waals surface area (Å²) in [6.07, 6.45) is 0. The third-order valence-corrected chi connectivity index (χ3v) is 3.22. The van der Waals surface area contributed by atoms with Crippen LogP contribution in [0.3, 0.4) is 0 Å². The normalized spacial score (nSPS) is 12.2. The molecule has 21 heavy (non-hydrogen) atoms. The Hall–Kier alpha value is -2.31. The van der Waals surface area contributed by atoms with Crippen LogP contribution in [0, 0.1) is 6.92 Å². The second-order valence-corrected chi connectivity index (χ2v) is 4.80. The second-order valence-electron chi connectivity index (χ2n) is 4.80. The summed E-state index contributed by atoms with van der Waals surface area (Å²) >= 11 is 0. The summed E-state index contributed by atoms with van der Waals surface area (Å²) in [5.41, 5.74) is 5.77. The molecule has 2 rings (SSSR count). The van der Waals surface area contributed by atoms with E-state index in [9.17, 15) is 0 Å². The molecule has 2 aromatic rings. The van der Waals surface area contributed by atoms with Gasteiger partial charge in [0.05, 0.1) is 6.04 Å². The molecule has 0 fully saturated rings. The largest absolute Gasteiger partial charge is 0.464 e. The molecule has 0 saturated heterocycles. The maximum absolute atomic E-state index is 5.77. The lowest BCUT2D eigenvalue weighted by molar-refractivity contribution is 0.466. The van der Waals surface area contributed by atoms with Gasteiger partial charge in [-0.25, -0.2) is 0 Å². The Morgan fingerprint density at radius 3 is 2.52 bits per heavy atom. The third-order valence-electron chi connectivity index (χ3n) is 3.22. The third kappa shape index (κ3) is 3.62. The van der Waals surface area contributed by atoms with Crippen molar-refractivity contribution in [1.82, 2.24) is 15.0 Å². The first kappa shape index (κ1) is 15.1. The molecule has 2 aromatic heterocycles. The highest BCUT2D eigenvalue weighted by Crippen LogP contribution is 2.20. The van der Waals surface area contributed by atoms with Crippen molar-refractivity contribution >= 4 is 17.8 Å². The Bertz CT molecular complexity index is 593. The van der Waals surface area contributed by atoms with E-state index >= 15 is 0 Å². The molecule has 3 N–H and O–H groups in total. The van der Waals surface area contributed by atoms with Crippen molar-refractivity contribution in [3.8, 4) is 0 Å². The topological polar surface area (TPSA) is 93.1 Å². The quantitative estimate of drug-likeness (QED) is 0.843. The van der Waals surface area contributed by atoms with E-state index in [1.165, 1.54) is 0 Å². The van der Waals surface area contributed by atoms with Gasteiger partial charge < -0.3 is 20.4 Å². The molecule has 2 heterocycles. The van der Waals surface area contributed by atoms with Gasteiger partial charge in [0, 0.05) is 13.1 Å². The number of nitrogens with one attached hydrogen (secondary N) is 1. The summed E-state index contributed by atoms with van der Waals surface area (Å²) in [7, 11) is 0. The summed E-state index contributed by atoms with van der Waals surface area (Å²) in [5, 5.41) is 3.19. The standard InChI is InChI=1S/C14H22N6O/c1-5-20(6-2)14-18-12(15)17-13(19-14)16-10(4)11-8-7-9(3)21-11/h7-8,10H,5-6H2,1-4H3,(H3,15,16,17,18,19). The molecule has 0 aliphatic heterocycles. The lowest BCUT2D eigenvalue weighted by Crippen LogP contribution is -2.25. The Balaban J connectivity index is 2.19. The van der Waals surface area contributed by atoms with E-state index in [1.54, 1.807) is 0 Å². The lowest BCUT2D eigenvalue weighted by Gasteiger charge is -2.19. The molecule has 7 nitrogen and oxygen atoms in total. The Morgan fingerprint density at radius 2 is 1.95 bits per heavy atom. The minimum atomic E-state index is -0.0509. The molecule has 0 aromatic carbocycles. The van der Waals surface area contributed by atoms with Crippen molar-refractivity contribution < 1.29 is 4.42 Å². The Morgan fingerprint density at radius 1 is 1.24 bits per heavy atom. The molecule has 0 bridgehead atoms. The number of aryl methyl sites for hydroxylation is 1. The van der Waals surface area contributed by atoms with Crippen molar-refractivity contribution in [3.05, 3.63) is 23.7 Å². The maximum atomic E-state index is 5.77. The van der Waals surface area contributed by atoms with Gasteiger partial charge in [-0.15, -0.1) is 0 Å². The monoisotopic (exact) mass is 290 g/mol. The summed E-state index contributed by atoms with van der Waals surface area (Å²) in [5.74, 6) is 2.94. The number of aromatic nitrogens is 3. The van der Waals surface area contributed by atoms with Gasteiger partial charge in [-0.2, -0.15) is 15.0 Å². The van der Waals surface area contributed by atoms with Crippen molar-refractivity contribution in [3.63, 3.8) is 0 Å². The van der Waals surface area contributed by atoms with E-state index in [-0.39, 0.29) is 12.0 Å². The zero-order valence-corrected chi connectivity index (χ0v) is 12.9. The van der Waals surface area contributed by atoms with Gasteiger partial charge in [0.25, 0.3) is 0 Å². The predicted molar refractivity (Wildman–Crippen MR) is 83.3 cm³/mol. The number of rotatable bonds is 6. The predicted octanol–water partition coefficient (Wildman–Crippen LogP) is 2.37. The van der Waals surface area contributed by atoms with Crippen LogP contribution in [0.25, 0.3) is 0 Å². The van der Waals surface area contributed by atoms with Crippen LogP contribution in [0.5, 0.6) is 0 Å². The van der Waals surface area contributed by atoms with E-state index in [2.05, 4.69) is 20.3 Å². The van der Waals surface area contributed by atoms with E-state index in [1.807, 2.05) is 44.7 Å².